The molecule has 1 heteroatoms. The fraction of sp³-hybridized carbons (Fsp3) is 0.356. The number of hydrogen-bond donors (Lipinski definition) is 0. The van der Waals surface area contributed by atoms with Crippen molar-refractivity contribution in [3.8, 4) is 22.3 Å². The van der Waals surface area contributed by atoms with Crippen molar-refractivity contribution in [1.29, 1.82) is 0 Å². The standard InChI is InChI=1S/2C19H19.C5H8.2CH3.Hf/c2*1-12-11-13(2)15(4)19(14(12)3)18-10-6-8-16-7-5-9-17(16)18;1-2-4-5-3-1;;;/h2*5-11H,1-4H3;1-4H2;2*1H3;. The molecule has 0 aliphatic heterocycles. The van der Waals surface area contributed by atoms with Crippen LogP contribution in [-0.2, 0) is 18.0 Å². The number of allylic oxidation sites excluding steroid dienone is 2. The van der Waals surface area contributed by atoms with Crippen molar-refractivity contribution in [2.75, 3.05) is 0 Å². The van der Waals surface area contributed by atoms with E-state index in [1.54, 1.807) is 11.1 Å². The van der Waals surface area contributed by atoms with Crippen molar-refractivity contribution in [3.05, 3.63) is 127 Å². The Kier molecular flexibility index (Phi) is 7.64. The van der Waals surface area contributed by atoms with E-state index in [4.69, 9.17) is 0 Å². The minimum absolute atomic E-state index is 0.514. The van der Waals surface area contributed by atoms with Crippen LogP contribution in [0.25, 0.3) is 34.4 Å². The number of benzene rings is 4. The van der Waals surface area contributed by atoms with E-state index < -0.39 is 18.0 Å². The topological polar surface area (TPSA) is 0 Å². The SMILES string of the molecule is Cc1cc(C)c(C)c(-c2cccc3c2C=C[CH]3[Hf]([CH3])([CH3])(=[C]2CCCC2)[CH]2C=Cc3c(-c4c(C)c(C)cc(C)c4C)cccc32)c1C. The monoisotopic (exact) mass is 772 g/mol. The Balaban J connectivity index is 1.44. The summed E-state index contributed by atoms with van der Waals surface area (Å²) in [6, 6.07) is 19.2. The summed E-state index contributed by atoms with van der Waals surface area (Å²) in [5.41, 5.74) is 23.2. The van der Waals surface area contributed by atoms with Crippen LogP contribution >= 0.6 is 0 Å². The van der Waals surface area contributed by atoms with Crippen LogP contribution in [0.2, 0.25) is 9.36 Å². The molecule has 2 atom stereocenters. The summed E-state index contributed by atoms with van der Waals surface area (Å²) in [6.45, 7) is 18.4. The number of fused-ring (bicyclic) bond motifs is 2. The molecule has 0 aromatic heterocycles. The fourth-order valence-corrected chi connectivity index (χ4v) is 35.2. The van der Waals surface area contributed by atoms with Gasteiger partial charge in [-0.1, -0.05) is 0 Å². The molecule has 0 nitrogen and oxygen atoms in total. The third-order valence-electron chi connectivity index (χ3n) is 13.4. The summed E-state index contributed by atoms with van der Waals surface area (Å²) in [5.74, 6) is 0. The van der Waals surface area contributed by atoms with Crippen LogP contribution in [0.4, 0.5) is 0 Å². The molecular weight excluding hydrogens is 719 g/mol. The summed E-state index contributed by atoms with van der Waals surface area (Å²) in [4.78, 5) is 0. The predicted molar refractivity (Wildman–Crippen MR) is 200 cm³/mol. The second kappa shape index (κ2) is 11.1. The molecular formula is C45H52Hf. The molecule has 0 radical (unpaired) electrons. The maximum atomic E-state index is 2.85. The summed E-state index contributed by atoms with van der Waals surface area (Å²) in [7, 11) is 0. The first-order valence-corrected chi connectivity index (χ1v) is 30.8. The van der Waals surface area contributed by atoms with Crippen molar-refractivity contribution >= 4 is 15.4 Å². The molecule has 1 fully saturated rings. The van der Waals surface area contributed by atoms with Crippen LogP contribution in [0.3, 0.4) is 0 Å². The molecule has 1 saturated carbocycles. The first kappa shape index (κ1) is 31.7. The Morgan fingerprint density at radius 3 is 1.26 bits per heavy atom. The third kappa shape index (κ3) is 4.43. The van der Waals surface area contributed by atoms with E-state index in [9.17, 15) is 0 Å². The number of rotatable bonds is 4. The molecule has 46 heavy (non-hydrogen) atoms. The number of aryl methyl sites for hydroxylation is 4. The quantitative estimate of drug-likeness (QED) is 0.181. The molecule has 0 bridgehead atoms. The van der Waals surface area contributed by atoms with E-state index in [1.165, 1.54) is 104 Å². The second-order valence-corrected chi connectivity index (χ2v) is 41.7. The van der Waals surface area contributed by atoms with Crippen LogP contribution < -0.4 is 0 Å². The van der Waals surface area contributed by atoms with Crippen LogP contribution in [0.15, 0.2) is 60.7 Å². The molecule has 236 valence electrons. The van der Waals surface area contributed by atoms with Gasteiger partial charge in [-0.05, 0) is 0 Å². The Morgan fingerprint density at radius 2 is 0.891 bits per heavy atom. The Morgan fingerprint density at radius 1 is 0.522 bits per heavy atom. The van der Waals surface area contributed by atoms with Gasteiger partial charge in [-0.2, -0.15) is 0 Å². The van der Waals surface area contributed by atoms with Crippen molar-refractivity contribution in [3.63, 3.8) is 0 Å². The van der Waals surface area contributed by atoms with E-state index in [1.807, 2.05) is 3.26 Å². The summed E-state index contributed by atoms with van der Waals surface area (Å²) >= 11 is -3.99. The van der Waals surface area contributed by atoms with Gasteiger partial charge in [-0.3, -0.25) is 0 Å². The normalized spacial score (nSPS) is 18.9. The first-order valence-electron chi connectivity index (χ1n) is 17.7. The predicted octanol–water partition coefficient (Wildman–Crippen LogP) is 12.9. The average molecular weight is 771 g/mol. The Labute approximate surface area is 279 Å². The zero-order chi connectivity index (χ0) is 32.7. The molecule has 4 aromatic rings. The fourth-order valence-electron chi connectivity index (χ4n) is 10.1. The Bertz CT molecular complexity index is 1890. The van der Waals surface area contributed by atoms with Gasteiger partial charge in [0.1, 0.15) is 0 Å². The average Bonchev–Trinajstić information content (AvgIpc) is 3.81. The van der Waals surface area contributed by atoms with Gasteiger partial charge in [0.25, 0.3) is 0 Å². The molecule has 4 aromatic carbocycles. The van der Waals surface area contributed by atoms with E-state index >= 15 is 0 Å². The van der Waals surface area contributed by atoms with Gasteiger partial charge in [0.2, 0.25) is 0 Å². The van der Waals surface area contributed by atoms with Crippen LogP contribution in [0.1, 0.15) is 99.8 Å². The van der Waals surface area contributed by atoms with E-state index in [0.717, 1.165) is 0 Å². The van der Waals surface area contributed by atoms with Crippen molar-refractivity contribution in [1.82, 2.24) is 0 Å². The molecule has 0 N–H and O–H groups in total. The van der Waals surface area contributed by atoms with Gasteiger partial charge in [0.05, 0.1) is 0 Å². The summed E-state index contributed by atoms with van der Waals surface area (Å²) < 4.78 is 8.70. The van der Waals surface area contributed by atoms with Crippen molar-refractivity contribution in [2.24, 2.45) is 0 Å². The van der Waals surface area contributed by atoms with Gasteiger partial charge in [-0.25, -0.2) is 0 Å². The van der Waals surface area contributed by atoms with Crippen molar-refractivity contribution < 1.29 is 18.0 Å². The molecule has 0 amide bonds. The first-order chi connectivity index (χ1) is 21.8. The zero-order valence-electron chi connectivity index (χ0n) is 29.9. The molecule has 0 saturated heterocycles. The molecule has 0 heterocycles. The van der Waals surface area contributed by atoms with Crippen LogP contribution in [0.5, 0.6) is 0 Å². The molecule has 3 aliphatic rings. The maximum absolute atomic E-state index is 3.99. The van der Waals surface area contributed by atoms with Crippen LogP contribution in [0, 0.1) is 55.4 Å². The van der Waals surface area contributed by atoms with E-state index in [-0.39, 0.29) is 0 Å². The van der Waals surface area contributed by atoms with Gasteiger partial charge < -0.3 is 0 Å². The zero-order valence-corrected chi connectivity index (χ0v) is 33.5. The van der Waals surface area contributed by atoms with Gasteiger partial charge >= 0.3 is 281 Å². The Hall–Kier alpha value is -2.90. The van der Waals surface area contributed by atoms with Crippen molar-refractivity contribution in [2.45, 2.75) is 97.8 Å². The summed E-state index contributed by atoms with van der Waals surface area (Å²) in [6.07, 6.45) is 15.8. The van der Waals surface area contributed by atoms with E-state index in [0.29, 0.717) is 7.35 Å². The third-order valence-corrected chi connectivity index (χ3v) is 40.5. The molecule has 3 aliphatic carbocycles. The molecule has 2 unspecified atom stereocenters. The van der Waals surface area contributed by atoms with Gasteiger partial charge in [0.15, 0.2) is 0 Å². The second-order valence-electron chi connectivity index (χ2n) is 16.0. The molecule has 7 rings (SSSR count). The number of hydrogen-bond acceptors (Lipinski definition) is 0. The summed E-state index contributed by atoms with van der Waals surface area (Å²) in [5, 5.41) is 0. The van der Waals surface area contributed by atoms with Gasteiger partial charge in [0, 0.05) is 0 Å². The van der Waals surface area contributed by atoms with E-state index in [2.05, 4.69) is 138 Å². The minimum atomic E-state index is -3.99. The van der Waals surface area contributed by atoms with Crippen LogP contribution in [-0.4, -0.2) is 3.26 Å². The van der Waals surface area contributed by atoms with Gasteiger partial charge in [-0.15, -0.1) is 0 Å². The molecule has 0 spiro atoms.